The maximum atomic E-state index is 11.8. The van der Waals surface area contributed by atoms with E-state index in [1.807, 2.05) is 24.3 Å². The van der Waals surface area contributed by atoms with Gasteiger partial charge in [-0.1, -0.05) is 13.3 Å². The molecule has 128 valence electrons. The summed E-state index contributed by atoms with van der Waals surface area (Å²) < 4.78 is 5.61. The Bertz CT molecular complexity index is 498. The van der Waals surface area contributed by atoms with Crippen LogP contribution in [-0.4, -0.2) is 42.4 Å². The van der Waals surface area contributed by atoms with E-state index in [1.165, 1.54) is 0 Å². The molecule has 0 spiro atoms. The van der Waals surface area contributed by atoms with Crippen LogP contribution in [0.1, 0.15) is 32.6 Å². The number of unbranched alkanes of at least 4 members (excludes halogenated alkanes) is 1. The van der Waals surface area contributed by atoms with E-state index in [2.05, 4.69) is 17.6 Å². The standard InChI is InChI=1S/C17H27N3O3/c1-2-3-12-23-14-6-4-13(5-7-14)20-15(16(18)21)17(22)8-10-19-11-9-17/h4-7,15,19-20,22H,2-3,8-12H2,1H3,(H2,18,21). The van der Waals surface area contributed by atoms with Crippen LogP contribution in [0, 0.1) is 0 Å². The van der Waals surface area contributed by atoms with Crippen LogP contribution in [-0.2, 0) is 4.79 Å². The molecular weight excluding hydrogens is 294 g/mol. The average molecular weight is 321 g/mol. The summed E-state index contributed by atoms with van der Waals surface area (Å²) in [5.41, 5.74) is 5.13. The van der Waals surface area contributed by atoms with Gasteiger partial charge in [-0.2, -0.15) is 0 Å². The van der Waals surface area contributed by atoms with E-state index in [4.69, 9.17) is 10.5 Å². The van der Waals surface area contributed by atoms with E-state index in [-0.39, 0.29) is 0 Å². The number of carbonyl (C=O) groups is 1. The van der Waals surface area contributed by atoms with E-state index in [1.54, 1.807) is 0 Å². The first kappa shape index (κ1) is 17.6. The van der Waals surface area contributed by atoms with Gasteiger partial charge in [-0.25, -0.2) is 0 Å². The minimum absolute atomic E-state index is 0.492. The number of rotatable bonds is 8. The molecule has 6 heteroatoms. The van der Waals surface area contributed by atoms with Gasteiger partial charge < -0.3 is 26.2 Å². The third-order valence-electron chi connectivity index (χ3n) is 4.22. The molecule has 1 atom stereocenters. The van der Waals surface area contributed by atoms with E-state index >= 15 is 0 Å². The highest BCUT2D eigenvalue weighted by molar-refractivity contribution is 5.84. The molecule has 1 amide bonds. The van der Waals surface area contributed by atoms with Crippen molar-refractivity contribution in [3.05, 3.63) is 24.3 Å². The smallest absolute Gasteiger partial charge is 0.242 e. The van der Waals surface area contributed by atoms with Crippen LogP contribution in [0.3, 0.4) is 0 Å². The fourth-order valence-electron chi connectivity index (χ4n) is 2.77. The summed E-state index contributed by atoms with van der Waals surface area (Å²) in [4.78, 5) is 11.8. The SMILES string of the molecule is CCCCOc1ccc(NC(C(N)=O)C2(O)CCNCC2)cc1. The van der Waals surface area contributed by atoms with Gasteiger partial charge in [0.25, 0.3) is 0 Å². The Morgan fingerprint density at radius 3 is 2.61 bits per heavy atom. The summed E-state index contributed by atoms with van der Waals surface area (Å²) in [7, 11) is 0. The lowest BCUT2D eigenvalue weighted by Crippen LogP contribution is -2.58. The number of amides is 1. The molecule has 1 aromatic carbocycles. The number of nitrogens with two attached hydrogens (primary N) is 1. The summed E-state index contributed by atoms with van der Waals surface area (Å²) >= 11 is 0. The van der Waals surface area contributed by atoms with Gasteiger partial charge in [0.1, 0.15) is 11.8 Å². The van der Waals surface area contributed by atoms with Gasteiger partial charge in [-0.05, 0) is 56.6 Å². The van der Waals surface area contributed by atoms with Crippen LogP contribution in [0.2, 0.25) is 0 Å². The van der Waals surface area contributed by atoms with Gasteiger partial charge in [0.05, 0.1) is 12.2 Å². The monoisotopic (exact) mass is 321 g/mol. The number of piperidine rings is 1. The highest BCUT2D eigenvalue weighted by Crippen LogP contribution is 2.26. The summed E-state index contributed by atoms with van der Waals surface area (Å²) in [6.45, 7) is 4.16. The van der Waals surface area contributed by atoms with Crippen molar-refractivity contribution in [3.8, 4) is 5.75 Å². The first-order valence-electron chi connectivity index (χ1n) is 8.27. The quantitative estimate of drug-likeness (QED) is 0.540. The molecule has 1 fully saturated rings. The Kier molecular flexibility index (Phi) is 6.24. The van der Waals surface area contributed by atoms with Gasteiger partial charge in [-0.3, -0.25) is 4.79 Å². The van der Waals surface area contributed by atoms with E-state index < -0.39 is 17.6 Å². The molecule has 0 radical (unpaired) electrons. The van der Waals surface area contributed by atoms with Crippen molar-refractivity contribution in [1.82, 2.24) is 5.32 Å². The predicted molar refractivity (Wildman–Crippen MR) is 90.5 cm³/mol. The Morgan fingerprint density at radius 1 is 1.39 bits per heavy atom. The summed E-state index contributed by atoms with van der Waals surface area (Å²) in [6.07, 6.45) is 3.09. The largest absolute Gasteiger partial charge is 0.494 e. The second-order valence-corrected chi connectivity index (χ2v) is 6.06. The van der Waals surface area contributed by atoms with Gasteiger partial charge in [0.15, 0.2) is 0 Å². The van der Waals surface area contributed by atoms with E-state index in [0.29, 0.717) is 32.5 Å². The fourth-order valence-corrected chi connectivity index (χ4v) is 2.77. The highest BCUT2D eigenvalue weighted by Gasteiger charge is 2.41. The average Bonchev–Trinajstić information content (AvgIpc) is 2.54. The number of nitrogens with one attached hydrogen (secondary N) is 2. The third kappa shape index (κ3) is 4.84. The molecule has 23 heavy (non-hydrogen) atoms. The van der Waals surface area contributed by atoms with E-state index in [9.17, 15) is 9.90 Å². The second kappa shape index (κ2) is 8.17. The van der Waals surface area contributed by atoms with Crippen LogP contribution >= 0.6 is 0 Å². The van der Waals surface area contributed by atoms with Crippen LogP contribution in [0.5, 0.6) is 5.75 Å². The third-order valence-corrected chi connectivity index (χ3v) is 4.22. The molecule has 6 nitrogen and oxygen atoms in total. The Hall–Kier alpha value is -1.79. The summed E-state index contributed by atoms with van der Waals surface area (Å²) in [5.74, 6) is 0.248. The molecule has 0 saturated carbocycles. The molecule has 0 aromatic heterocycles. The Balaban J connectivity index is 2.01. The molecule has 0 aliphatic carbocycles. The zero-order valence-corrected chi connectivity index (χ0v) is 13.7. The second-order valence-electron chi connectivity index (χ2n) is 6.06. The number of primary amides is 1. The summed E-state index contributed by atoms with van der Waals surface area (Å²) in [6, 6.07) is 6.56. The molecule has 1 aromatic rings. The lowest BCUT2D eigenvalue weighted by Gasteiger charge is -2.38. The van der Waals surface area contributed by atoms with Crippen LogP contribution in [0.25, 0.3) is 0 Å². The van der Waals surface area contributed by atoms with Crippen molar-refractivity contribution in [2.75, 3.05) is 25.0 Å². The van der Waals surface area contributed by atoms with Crippen molar-refractivity contribution in [1.29, 1.82) is 0 Å². The van der Waals surface area contributed by atoms with Crippen molar-refractivity contribution >= 4 is 11.6 Å². The number of carbonyl (C=O) groups excluding carboxylic acids is 1. The maximum Gasteiger partial charge on any atom is 0.242 e. The van der Waals surface area contributed by atoms with Gasteiger partial charge in [-0.15, -0.1) is 0 Å². The molecule has 1 saturated heterocycles. The van der Waals surface area contributed by atoms with Crippen molar-refractivity contribution in [3.63, 3.8) is 0 Å². The van der Waals surface area contributed by atoms with Gasteiger partial charge in [0, 0.05) is 5.69 Å². The molecule has 2 rings (SSSR count). The fraction of sp³-hybridized carbons (Fsp3) is 0.588. The van der Waals surface area contributed by atoms with Crippen LogP contribution < -0.4 is 21.1 Å². The minimum Gasteiger partial charge on any atom is -0.494 e. The number of benzene rings is 1. The van der Waals surface area contributed by atoms with Crippen LogP contribution in [0.15, 0.2) is 24.3 Å². The predicted octanol–water partition coefficient (Wildman–Crippen LogP) is 1.25. The van der Waals surface area contributed by atoms with Crippen molar-refractivity contribution in [2.24, 2.45) is 5.73 Å². The lowest BCUT2D eigenvalue weighted by atomic mass is 9.84. The molecule has 1 aliphatic rings. The van der Waals surface area contributed by atoms with Gasteiger partial charge in [0.2, 0.25) is 5.91 Å². The first-order chi connectivity index (χ1) is 11.0. The zero-order valence-electron chi connectivity index (χ0n) is 13.7. The molecule has 1 aliphatic heterocycles. The Morgan fingerprint density at radius 2 is 2.04 bits per heavy atom. The number of hydrogen-bond donors (Lipinski definition) is 4. The molecular formula is C17H27N3O3. The number of anilines is 1. The minimum atomic E-state index is -1.12. The first-order valence-corrected chi connectivity index (χ1v) is 8.27. The van der Waals surface area contributed by atoms with Crippen molar-refractivity contribution < 1.29 is 14.6 Å². The van der Waals surface area contributed by atoms with Gasteiger partial charge >= 0.3 is 0 Å². The Labute approximate surface area is 137 Å². The number of aliphatic hydroxyl groups is 1. The summed E-state index contributed by atoms with van der Waals surface area (Å²) in [5, 5.41) is 17.0. The van der Waals surface area contributed by atoms with Crippen molar-refractivity contribution in [2.45, 2.75) is 44.2 Å². The topological polar surface area (TPSA) is 96.6 Å². The number of hydrogen-bond acceptors (Lipinski definition) is 5. The number of ether oxygens (including phenoxy) is 1. The highest BCUT2D eigenvalue weighted by atomic mass is 16.5. The molecule has 5 N–H and O–H groups in total. The lowest BCUT2D eigenvalue weighted by molar-refractivity contribution is -0.125. The molecule has 1 unspecified atom stereocenters. The zero-order chi connectivity index (χ0) is 16.7. The van der Waals surface area contributed by atoms with E-state index in [0.717, 1.165) is 24.3 Å². The van der Waals surface area contributed by atoms with Crippen LogP contribution in [0.4, 0.5) is 5.69 Å². The normalized spacial score (nSPS) is 18.2. The maximum absolute atomic E-state index is 11.8. The molecule has 1 heterocycles. The molecule has 0 bridgehead atoms.